The first-order valence-corrected chi connectivity index (χ1v) is 15.7. The van der Waals surface area contributed by atoms with Gasteiger partial charge >= 0.3 is 5.97 Å². The first kappa shape index (κ1) is 37.3. The van der Waals surface area contributed by atoms with Gasteiger partial charge in [-0.1, -0.05) is 55.0 Å². The smallest absolute Gasteiger partial charge is 0.309 e. The Kier molecular flexibility index (Phi) is 15.6. The number of carbonyl (C=O) groups excluding carboxylic acids is 1. The normalized spacial score (nSPS) is 39.6. The molecule has 0 amide bonds. The van der Waals surface area contributed by atoms with E-state index >= 15 is 0 Å². The van der Waals surface area contributed by atoms with Crippen molar-refractivity contribution < 1.29 is 53.6 Å². The fourth-order valence-electron chi connectivity index (χ4n) is 5.73. The molecule has 4 aliphatic heterocycles. The molecule has 3 N–H and O–H groups in total. The Morgan fingerprint density at radius 2 is 1.78 bits per heavy atom. The van der Waals surface area contributed by atoms with Crippen LogP contribution in [0.5, 0.6) is 0 Å². The Hall–Kier alpha value is -2.19. The second-order valence-electron chi connectivity index (χ2n) is 12.0. The van der Waals surface area contributed by atoms with Gasteiger partial charge in [0, 0.05) is 20.6 Å². The molecule has 11 heteroatoms. The lowest BCUT2D eigenvalue weighted by Gasteiger charge is -2.42. The van der Waals surface area contributed by atoms with Gasteiger partial charge in [-0.2, -0.15) is 0 Å². The number of aliphatic hydroxyl groups excluding tert-OH is 3. The van der Waals surface area contributed by atoms with Crippen molar-refractivity contribution >= 4 is 5.97 Å². The molecule has 0 aromatic heterocycles. The van der Waals surface area contributed by atoms with Crippen LogP contribution in [0.15, 0.2) is 59.8 Å². The molecule has 0 radical (unpaired) electrons. The Balaban J connectivity index is 1.91. The van der Waals surface area contributed by atoms with Crippen molar-refractivity contribution in [1.82, 2.24) is 0 Å². The minimum atomic E-state index is -1.38. The van der Waals surface area contributed by atoms with Gasteiger partial charge in [-0.05, 0) is 57.6 Å². The van der Waals surface area contributed by atoms with E-state index in [4.69, 9.17) is 33.5 Å². The highest BCUT2D eigenvalue weighted by atomic mass is 17.2. The standard InChI is InChI=1S/C34H52O11/c1-7-8-10-21(2)16-27-18-26-14-13-25(44-45-26)17-22(3)15-23(4)28(39-5)12-9-11-24(19-30(36)41-27)42-34-32(38)33(40-6)31(37)29(20-35)43-34/h7-9,11,13-16,22,24-29,31-35,37-38H,10,12,17-20H2,1-6H3/b8-7+,11-9+,21-16-,23-15+/t22-,24-,25-,26-,27+,28+,29-,31-,32-,33+,34-/m1/s1. The molecule has 0 aliphatic carbocycles. The summed E-state index contributed by atoms with van der Waals surface area (Å²) in [7, 11) is 2.98. The number of hydrogen-bond acceptors (Lipinski definition) is 11. The summed E-state index contributed by atoms with van der Waals surface area (Å²) in [5.74, 6) is -0.347. The number of ether oxygens (including phenoxy) is 5. The van der Waals surface area contributed by atoms with Gasteiger partial charge < -0.3 is 39.0 Å². The number of aliphatic hydroxyl groups is 3. The van der Waals surface area contributed by atoms with E-state index in [0.29, 0.717) is 19.3 Å². The molecule has 0 aromatic rings. The van der Waals surface area contributed by atoms with Crippen LogP contribution in [-0.4, -0.2) is 103 Å². The van der Waals surface area contributed by atoms with Crippen molar-refractivity contribution in [3.8, 4) is 0 Å². The van der Waals surface area contributed by atoms with E-state index in [1.165, 1.54) is 7.11 Å². The molecular formula is C34H52O11. The fourth-order valence-corrected chi connectivity index (χ4v) is 5.73. The van der Waals surface area contributed by atoms with E-state index in [1.807, 2.05) is 57.2 Å². The van der Waals surface area contributed by atoms with Gasteiger partial charge in [-0.15, -0.1) is 0 Å². The maximum absolute atomic E-state index is 13.4. The highest BCUT2D eigenvalue weighted by molar-refractivity contribution is 5.70. The van der Waals surface area contributed by atoms with Crippen LogP contribution >= 0.6 is 0 Å². The Labute approximate surface area is 267 Å². The number of carbonyl (C=O) groups is 1. The van der Waals surface area contributed by atoms with Gasteiger partial charge in [0.15, 0.2) is 6.29 Å². The van der Waals surface area contributed by atoms with E-state index in [-0.39, 0.29) is 24.5 Å². The average molecular weight is 637 g/mol. The summed E-state index contributed by atoms with van der Waals surface area (Å²) in [6, 6.07) is 0. The molecule has 4 aliphatic rings. The minimum absolute atomic E-state index is 0.191. The lowest BCUT2D eigenvalue weighted by molar-refractivity contribution is -0.343. The molecule has 4 heterocycles. The molecule has 2 bridgehead atoms. The van der Waals surface area contributed by atoms with Crippen molar-refractivity contribution in [2.45, 2.75) is 121 Å². The SMILES string of the molecule is C/C=C/C/C(C)=C\[C@H]1C[C@H]2C=C[C@H](C[C@H](C)/C=C(\C)[C@@H](OC)C/C=C/[C@@H](O[C@@H]3O[C@H](CO)[C@@H](O)[C@H](OC)[C@H]3O)CC(=O)O1)OO2. The van der Waals surface area contributed by atoms with Crippen LogP contribution in [0.1, 0.15) is 59.8 Å². The zero-order chi connectivity index (χ0) is 32.9. The second kappa shape index (κ2) is 18.8. The van der Waals surface area contributed by atoms with Crippen LogP contribution in [-0.2, 0) is 38.3 Å². The zero-order valence-electron chi connectivity index (χ0n) is 27.3. The van der Waals surface area contributed by atoms with Gasteiger partial charge in [0.1, 0.15) is 42.7 Å². The van der Waals surface area contributed by atoms with Crippen LogP contribution in [0.3, 0.4) is 0 Å². The maximum atomic E-state index is 13.4. The number of esters is 1. The highest BCUT2D eigenvalue weighted by Crippen LogP contribution is 2.27. The second-order valence-corrected chi connectivity index (χ2v) is 12.0. The van der Waals surface area contributed by atoms with E-state index in [9.17, 15) is 20.1 Å². The molecule has 1 fully saturated rings. The van der Waals surface area contributed by atoms with Crippen LogP contribution in [0.4, 0.5) is 0 Å². The number of hydrogen-bond donors (Lipinski definition) is 3. The summed E-state index contributed by atoms with van der Waals surface area (Å²) in [6.45, 7) is 7.53. The Morgan fingerprint density at radius 1 is 1.07 bits per heavy atom. The maximum Gasteiger partial charge on any atom is 0.309 e. The summed E-state index contributed by atoms with van der Waals surface area (Å²) in [4.78, 5) is 24.8. The minimum Gasteiger partial charge on any atom is -0.458 e. The van der Waals surface area contributed by atoms with Gasteiger partial charge in [0.2, 0.25) is 0 Å². The Morgan fingerprint density at radius 3 is 2.40 bits per heavy atom. The molecule has 1 saturated heterocycles. The van der Waals surface area contributed by atoms with Gasteiger partial charge in [-0.3, -0.25) is 4.79 Å². The first-order valence-electron chi connectivity index (χ1n) is 15.7. The van der Waals surface area contributed by atoms with Crippen molar-refractivity contribution in [2.24, 2.45) is 5.92 Å². The lowest BCUT2D eigenvalue weighted by Crippen LogP contribution is -2.60. The van der Waals surface area contributed by atoms with Crippen LogP contribution in [0.2, 0.25) is 0 Å². The third-order valence-electron chi connectivity index (χ3n) is 8.15. The summed E-state index contributed by atoms with van der Waals surface area (Å²) in [5, 5.41) is 31.1. The topological polar surface area (TPSA) is 142 Å². The quantitative estimate of drug-likeness (QED) is 0.204. The van der Waals surface area contributed by atoms with Crippen molar-refractivity contribution in [2.75, 3.05) is 20.8 Å². The van der Waals surface area contributed by atoms with E-state index in [2.05, 4.69) is 13.0 Å². The number of allylic oxidation sites excluding steroid dienone is 4. The molecule has 4 rings (SSSR count). The largest absolute Gasteiger partial charge is 0.458 e. The summed E-state index contributed by atoms with van der Waals surface area (Å²) in [6.07, 6.45) is 9.26. The molecule has 0 aromatic carbocycles. The fraction of sp³-hybridized carbons (Fsp3) is 0.676. The third-order valence-corrected chi connectivity index (χ3v) is 8.15. The Bertz CT molecular complexity index is 1070. The van der Waals surface area contributed by atoms with Crippen LogP contribution < -0.4 is 0 Å². The highest BCUT2D eigenvalue weighted by Gasteiger charge is 2.46. The number of rotatable bonds is 8. The van der Waals surface area contributed by atoms with E-state index in [0.717, 1.165) is 17.6 Å². The molecule has 11 atom stereocenters. The molecule has 11 nitrogen and oxygen atoms in total. The van der Waals surface area contributed by atoms with Crippen molar-refractivity contribution in [1.29, 1.82) is 0 Å². The van der Waals surface area contributed by atoms with Crippen LogP contribution in [0, 0.1) is 5.92 Å². The molecule has 254 valence electrons. The first-order chi connectivity index (χ1) is 21.6. The predicted molar refractivity (Wildman–Crippen MR) is 167 cm³/mol. The number of methoxy groups -OCH3 is 2. The molecule has 45 heavy (non-hydrogen) atoms. The van der Waals surface area contributed by atoms with Crippen LogP contribution in [0.25, 0.3) is 0 Å². The summed E-state index contributed by atoms with van der Waals surface area (Å²) < 4.78 is 28.8. The van der Waals surface area contributed by atoms with E-state index in [1.54, 1.807) is 13.2 Å². The lowest BCUT2D eigenvalue weighted by atomic mass is 9.96. The summed E-state index contributed by atoms with van der Waals surface area (Å²) in [5.41, 5.74) is 2.07. The molecule has 0 spiro atoms. The number of fused-ring (bicyclic) bond motifs is 12. The molecular weight excluding hydrogens is 584 g/mol. The average Bonchev–Trinajstić information content (AvgIpc) is 3.00. The van der Waals surface area contributed by atoms with Gasteiger partial charge in [0.05, 0.1) is 25.2 Å². The monoisotopic (exact) mass is 636 g/mol. The molecule has 0 unspecified atom stereocenters. The van der Waals surface area contributed by atoms with Crippen molar-refractivity contribution in [3.63, 3.8) is 0 Å². The van der Waals surface area contributed by atoms with Crippen molar-refractivity contribution in [3.05, 3.63) is 59.8 Å². The third kappa shape index (κ3) is 11.5. The van der Waals surface area contributed by atoms with Gasteiger partial charge in [-0.25, -0.2) is 9.78 Å². The summed E-state index contributed by atoms with van der Waals surface area (Å²) >= 11 is 0. The predicted octanol–water partition coefficient (Wildman–Crippen LogP) is 3.63. The zero-order valence-corrected chi connectivity index (χ0v) is 27.3. The molecule has 0 saturated carbocycles. The van der Waals surface area contributed by atoms with Gasteiger partial charge in [0.25, 0.3) is 0 Å². The van der Waals surface area contributed by atoms with E-state index < -0.39 is 61.6 Å².